The zero-order valence-corrected chi connectivity index (χ0v) is 11.7. The van der Waals surface area contributed by atoms with Crippen molar-refractivity contribution in [2.75, 3.05) is 12.8 Å². The number of benzene rings is 1. The van der Waals surface area contributed by atoms with Crippen LogP contribution < -0.4 is 10.2 Å². The quantitative estimate of drug-likeness (QED) is 0.507. The Bertz CT molecular complexity index is 413. The average molecular weight is 253 g/mol. The molecule has 0 radical (unpaired) electrons. The molecule has 0 aliphatic rings. The van der Waals surface area contributed by atoms with Crippen LogP contribution in [0.15, 0.2) is 18.2 Å². The van der Waals surface area contributed by atoms with Crippen molar-refractivity contribution >= 4 is 20.0 Å². The molecular weight excluding hydrogens is 234 g/mol. The first-order chi connectivity index (χ1) is 7.81. The molecule has 0 aromatic heterocycles. The molecule has 0 bridgehead atoms. The molecule has 94 valence electrons. The van der Waals surface area contributed by atoms with E-state index in [1.54, 1.807) is 6.07 Å². The van der Waals surface area contributed by atoms with Gasteiger partial charge >= 0.3 is 5.97 Å². The van der Waals surface area contributed by atoms with Crippen molar-refractivity contribution in [2.45, 2.75) is 26.1 Å². The first-order valence-electron chi connectivity index (χ1n) is 5.46. The number of nitrogen functional groups attached to an aromatic ring is 1. The van der Waals surface area contributed by atoms with E-state index in [1.807, 2.05) is 12.1 Å². The highest BCUT2D eigenvalue weighted by Crippen LogP contribution is 2.25. The van der Waals surface area contributed by atoms with Gasteiger partial charge in [-0.3, -0.25) is 4.79 Å². The minimum absolute atomic E-state index is 0.230. The lowest BCUT2D eigenvalue weighted by Crippen LogP contribution is -2.29. The number of nitrogens with two attached hydrogens (primary N) is 1. The largest absolute Gasteiger partial charge is 0.543 e. The van der Waals surface area contributed by atoms with Gasteiger partial charge in [0, 0.05) is 0 Å². The molecule has 4 nitrogen and oxygen atoms in total. The third kappa shape index (κ3) is 4.48. The maximum Gasteiger partial charge on any atom is 0.309 e. The zero-order valence-electron chi connectivity index (χ0n) is 10.7. The molecule has 0 amide bonds. The highest BCUT2D eigenvalue weighted by Gasteiger charge is 2.17. The van der Waals surface area contributed by atoms with Crippen molar-refractivity contribution < 1.29 is 14.0 Å². The molecule has 1 rings (SSSR count). The molecule has 17 heavy (non-hydrogen) atoms. The Kier molecular flexibility index (Phi) is 4.17. The Morgan fingerprint density at radius 3 is 2.47 bits per heavy atom. The fourth-order valence-corrected chi connectivity index (χ4v) is 2.22. The van der Waals surface area contributed by atoms with E-state index in [-0.39, 0.29) is 12.4 Å². The van der Waals surface area contributed by atoms with Crippen LogP contribution in [0.25, 0.3) is 0 Å². The number of hydrogen-bond acceptors (Lipinski definition) is 4. The molecule has 0 unspecified atom stereocenters. The van der Waals surface area contributed by atoms with Gasteiger partial charge in [0.15, 0.2) is 0 Å². The summed E-state index contributed by atoms with van der Waals surface area (Å²) in [6.07, 6.45) is 0.230. The van der Waals surface area contributed by atoms with E-state index in [1.165, 1.54) is 7.11 Å². The Labute approximate surface area is 103 Å². The summed E-state index contributed by atoms with van der Waals surface area (Å²) in [5.74, 6) is 0.418. The third-order valence-electron chi connectivity index (χ3n) is 2.07. The van der Waals surface area contributed by atoms with E-state index >= 15 is 0 Å². The molecule has 0 aliphatic carbocycles. The fraction of sp³-hybridized carbons (Fsp3) is 0.417. The van der Waals surface area contributed by atoms with Gasteiger partial charge in [-0.25, -0.2) is 0 Å². The number of rotatable bonds is 4. The molecule has 0 heterocycles. The van der Waals surface area contributed by atoms with E-state index in [9.17, 15) is 4.79 Å². The second kappa shape index (κ2) is 5.22. The van der Waals surface area contributed by atoms with Crippen molar-refractivity contribution in [3.63, 3.8) is 0 Å². The minimum atomic E-state index is -1.66. The maximum absolute atomic E-state index is 11.1. The maximum atomic E-state index is 11.1. The van der Waals surface area contributed by atoms with Crippen LogP contribution in [0, 0.1) is 0 Å². The minimum Gasteiger partial charge on any atom is -0.543 e. The number of esters is 1. The number of methoxy groups -OCH3 is 1. The van der Waals surface area contributed by atoms with Crippen LogP contribution in [0.3, 0.4) is 0 Å². The van der Waals surface area contributed by atoms with E-state index in [0.29, 0.717) is 11.4 Å². The third-order valence-corrected chi connectivity index (χ3v) is 2.90. The smallest absolute Gasteiger partial charge is 0.309 e. The van der Waals surface area contributed by atoms with Gasteiger partial charge in [-0.1, -0.05) is 6.07 Å². The number of ether oxygens (including phenoxy) is 1. The summed E-state index contributed by atoms with van der Waals surface area (Å²) in [4.78, 5) is 11.1. The van der Waals surface area contributed by atoms with Crippen LogP contribution in [0.4, 0.5) is 5.69 Å². The second-order valence-electron chi connectivity index (χ2n) is 4.84. The number of carbonyl (C=O) groups is 1. The van der Waals surface area contributed by atoms with Gasteiger partial charge in [-0.2, -0.15) is 0 Å². The van der Waals surface area contributed by atoms with E-state index < -0.39 is 8.32 Å². The number of anilines is 1. The number of hydrogen-bond donors (Lipinski definition) is 1. The molecule has 0 saturated carbocycles. The van der Waals surface area contributed by atoms with Gasteiger partial charge in [0.05, 0.1) is 19.2 Å². The SMILES string of the molecule is COC(=O)Cc1ccc(O[Si](C)(C)C)c(N)c1. The van der Waals surface area contributed by atoms with Crippen molar-refractivity contribution in [1.29, 1.82) is 0 Å². The molecule has 0 spiro atoms. The van der Waals surface area contributed by atoms with Gasteiger partial charge < -0.3 is 14.9 Å². The summed E-state index contributed by atoms with van der Waals surface area (Å²) >= 11 is 0. The average Bonchev–Trinajstić information content (AvgIpc) is 2.20. The Morgan fingerprint density at radius 2 is 2.00 bits per heavy atom. The van der Waals surface area contributed by atoms with Gasteiger partial charge in [0.2, 0.25) is 8.32 Å². The Morgan fingerprint density at radius 1 is 1.35 bits per heavy atom. The van der Waals surface area contributed by atoms with Crippen molar-refractivity contribution in [2.24, 2.45) is 0 Å². The molecule has 1 aromatic carbocycles. The lowest BCUT2D eigenvalue weighted by atomic mass is 10.1. The van der Waals surface area contributed by atoms with Gasteiger partial charge in [-0.15, -0.1) is 0 Å². The molecular formula is C12H19NO3Si. The molecule has 0 saturated heterocycles. The highest BCUT2D eigenvalue weighted by molar-refractivity contribution is 6.70. The monoisotopic (exact) mass is 253 g/mol. The lowest BCUT2D eigenvalue weighted by molar-refractivity contribution is -0.139. The fourth-order valence-electron chi connectivity index (χ4n) is 1.37. The van der Waals surface area contributed by atoms with Gasteiger partial charge in [-0.05, 0) is 37.3 Å². The predicted octanol–water partition coefficient (Wildman–Crippen LogP) is 2.20. The number of carbonyl (C=O) groups excluding carboxylic acids is 1. The van der Waals surface area contributed by atoms with E-state index in [2.05, 4.69) is 24.4 Å². The summed E-state index contributed by atoms with van der Waals surface area (Å²) in [5, 5.41) is 0. The van der Waals surface area contributed by atoms with Gasteiger partial charge in [0.25, 0.3) is 0 Å². The summed E-state index contributed by atoms with van der Waals surface area (Å²) in [5.41, 5.74) is 7.29. The standard InChI is InChI=1S/C12H19NO3Si/c1-15-12(14)8-9-5-6-11(10(13)7-9)16-17(2,3)4/h5-7H,8,13H2,1-4H3. The van der Waals surface area contributed by atoms with Crippen molar-refractivity contribution in [1.82, 2.24) is 0 Å². The molecule has 1 aromatic rings. The summed E-state index contributed by atoms with van der Waals surface area (Å²) in [6.45, 7) is 6.28. The van der Waals surface area contributed by atoms with Crippen LogP contribution in [-0.4, -0.2) is 21.4 Å². The van der Waals surface area contributed by atoms with E-state index in [4.69, 9.17) is 10.2 Å². The van der Waals surface area contributed by atoms with Crippen LogP contribution >= 0.6 is 0 Å². The zero-order chi connectivity index (χ0) is 13.1. The van der Waals surface area contributed by atoms with E-state index in [0.717, 1.165) is 5.56 Å². The van der Waals surface area contributed by atoms with Crippen molar-refractivity contribution in [3.05, 3.63) is 23.8 Å². The Hall–Kier alpha value is -1.49. The predicted molar refractivity (Wildman–Crippen MR) is 70.5 cm³/mol. The summed E-state index contributed by atoms with van der Waals surface area (Å²) < 4.78 is 10.4. The molecule has 0 fully saturated rings. The molecule has 0 aliphatic heterocycles. The van der Waals surface area contributed by atoms with Crippen LogP contribution in [0.5, 0.6) is 5.75 Å². The van der Waals surface area contributed by atoms with Crippen LogP contribution in [0.2, 0.25) is 19.6 Å². The topological polar surface area (TPSA) is 61.5 Å². The summed E-state index contributed by atoms with van der Waals surface area (Å²) in [7, 11) is -0.288. The van der Waals surface area contributed by atoms with Crippen molar-refractivity contribution in [3.8, 4) is 5.75 Å². The molecule has 5 heteroatoms. The Balaban J connectivity index is 2.83. The molecule has 0 atom stereocenters. The first-order valence-corrected chi connectivity index (χ1v) is 8.87. The molecule has 2 N–H and O–H groups in total. The van der Waals surface area contributed by atoms with Gasteiger partial charge in [0.1, 0.15) is 5.75 Å². The van der Waals surface area contributed by atoms with Crippen LogP contribution in [0.1, 0.15) is 5.56 Å². The lowest BCUT2D eigenvalue weighted by Gasteiger charge is -2.20. The second-order valence-corrected chi connectivity index (χ2v) is 9.27. The first kappa shape index (κ1) is 13.6. The van der Waals surface area contributed by atoms with Crippen LogP contribution in [-0.2, 0) is 16.0 Å². The highest BCUT2D eigenvalue weighted by atomic mass is 28.4. The summed E-state index contributed by atoms with van der Waals surface area (Å²) in [6, 6.07) is 5.40. The normalized spacial score (nSPS) is 11.1.